The molecule has 0 bridgehead atoms. The number of esters is 1. The summed E-state index contributed by atoms with van der Waals surface area (Å²) in [7, 11) is 0. The first-order valence-corrected chi connectivity index (χ1v) is 8.74. The first-order chi connectivity index (χ1) is 12.4. The second-order valence-electron chi connectivity index (χ2n) is 6.55. The van der Waals surface area contributed by atoms with Gasteiger partial charge in [-0.15, -0.1) is 0 Å². The predicted octanol–water partition coefficient (Wildman–Crippen LogP) is 2.60. The zero-order chi connectivity index (χ0) is 19.1. The molecular weight excluding hydrogens is 340 g/mol. The summed E-state index contributed by atoms with van der Waals surface area (Å²) in [6.07, 6.45) is 3.39. The maximum absolute atomic E-state index is 12.2. The van der Waals surface area contributed by atoms with E-state index in [0.717, 1.165) is 19.3 Å². The number of nitrogens with zero attached hydrogens (tertiary/aromatic N) is 1. The molecule has 1 aromatic carbocycles. The van der Waals surface area contributed by atoms with Gasteiger partial charge in [0.15, 0.2) is 12.7 Å². The minimum atomic E-state index is -0.905. The van der Waals surface area contributed by atoms with Gasteiger partial charge in [-0.05, 0) is 37.8 Å². The van der Waals surface area contributed by atoms with Gasteiger partial charge in [0.05, 0.1) is 4.92 Å². The molecule has 0 aromatic heterocycles. The first kappa shape index (κ1) is 19.7. The number of amides is 1. The van der Waals surface area contributed by atoms with Gasteiger partial charge in [-0.3, -0.25) is 14.9 Å². The SMILES string of the molecule is C[C@@H]1CCCC[C@@H]1NC(=O)[C@@H](C)OC(=O)COc1ccc([N+](=O)[O-])cc1. The third-order valence-corrected chi connectivity index (χ3v) is 4.52. The van der Waals surface area contributed by atoms with E-state index < -0.39 is 17.0 Å². The van der Waals surface area contributed by atoms with Gasteiger partial charge in [-0.2, -0.15) is 0 Å². The summed E-state index contributed by atoms with van der Waals surface area (Å²) in [5, 5.41) is 13.5. The van der Waals surface area contributed by atoms with E-state index in [-0.39, 0.29) is 24.2 Å². The van der Waals surface area contributed by atoms with Gasteiger partial charge in [-0.1, -0.05) is 19.8 Å². The van der Waals surface area contributed by atoms with Gasteiger partial charge >= 0.3 is 5.97 Å². The minimum Gasteiger partial charge on any atom is -0.482 e. The Hall–Kier alpha value is -2.64. The molecule has 0 radical (unpaired) electrons. The molecule has 1 aliphatic carbocycles. The smallest absolute Gasteiger partial charge is 0.344 e. The van der Waals surface area contributed by atoms with Crippen molar-refractivity contribution in [2.45, 2.75) is 51.7 Å². The van der Waals surface area contributed by atoms with Crippen LogP contribution in [0.1, 0.15) is 39.5 Å². The monoisotopic (exact) mass is 364 g/mol. The molecule has 8 heteroatoms. The first-order valence-electron chi connectivity index (χ1n) is 8.74. The highest BCUT2D eigenvalue weighted by molar-refractivity contribution is 5.83. The number of carbonyl (C=O) groups is 2. The number of ether oxygens (including phenoxy) is 2. The molecule has 1 saturated carbocycles. The van der Waals surface area contributed by atoms with Crippen molar-refractivity contribution < 1.29 is 24.0 Å². The summed E-state index contributed by atoms with van der Waals surface area (Å²) < 4.78 is 10.3. The number of nitro groups is 1. The second kappa shape index (κ2) is 9.17. The summed E-state index contributed by atoms with van der Waals surface area (Å²) in [6.45, 7) is 3.25. The number of nitrogens with one attached hydrogen (secondary N) is 1. The normalized spacial score (nSPS) is 20.7. The molecule has 0 unspecified atom stereocenters. The number of hydrogen-bond acceptors (Lipinski definition) is 6. The maximum atomic E-state index is 12.2. The van der Waals surface area contributed by atoms with E-state index >= 15 is 0 Å². The van der Waals surface area contributed by atoms with E-state index in [0.29, 0.717) is 11.7 Å². The van der Waals surface area contributed by atoms with Crippen LogP contribution in [-0.4, -0.2) is 35.6 Å². The largest absolute Gasteiger partial charge is 0.482 e. The van der Waals surface area contributed by atoms with Crippen LogP contribution in [-0.2, 0) is 14.3 Å². The van der Waals surface area contributed by atoms with Crippen LogP contribution >= 0.6 is 0 Å². The highest BCUT2D eigenvalue weighted by Crippen LogP contribution is 2.23. The number of non-ortho nitro benzene ring substituents is 1. The van der Waals surface area contributed by atoms with Crippen molar-refractivity contribution >= 4 is 17.6 Å². The van der Waals surface area contributed by atoms with Gasteiger partial charge < -0.3 is 14.8 Å². The molecule has 8 nitrogen and oxygen atoms in total. The molecule has 1 aliphatic rings. The Bertz CT molecular complexity index is 646. The van der Waals surface area contributed by atoms with E-state index in [1.54, 1.807) is 0 Å². The zero-order valence-corrected chi connectivity index (χ0v) is 15.0. The fourth-order valence-corrected chi connectivity index (χ4v) is 2.92. The van der Waals surface area contributed by atoms with Gasteiger partial charge in [-0.25, -0.2) is 4.79 Å². The molecule has 1 amide bonds. The second-order valence-corrected chi connectivity index (χ2v) is 6.55. The Labute approximate surface area is 152 Å². The molecular formula is C18H24N2O6. The van der Waals surface area contributed by atoms with Crippen LogP contribution in [0, 0.1) is 16.0 Å². The number of rotatable bonds is 7. The van der Waals surface area contributed by atoms with E-state index in [2.05, 4.69) is 12.2 Å². The summed E-state index contributed by atoms with van der Waals surface area (Å²) in [4.78, 5) is 34.1. The molecule has 0 spiro atoms. The molecule has 0 aliphatic heterocycles. The summed E-state index contributed by atoms with van der Waals surface area (Å²) >= 11 is 0. The number of hydrogen-bond donors (Lipinski definition) is 1. The zero-order valence-electron chi connectivity index (χ0n) is 15.0. The van der Waals surface area contributed by atoms with Crippen molar-refractivity contribution in [3.05, 3.63) is 34.4 Å². The Morgan fingerprint density at radius 3 is 2.54 bits per heavy atom. The third-order valence-electron chi connectivity index (χ3n) is 4.52. The van der Waals surface area contributed by atoms with Crippen LogP contribution in [0.2, 0.25) is 0 Å². The lowest BCUT2D eigenvalue weighted by Gasteiger charge is -2.30. The van der Waals surface area contributed by atoms with Gasteiger partial charge in [0.2, 0.25) is 0 Å². The molecule has 1 fully saturated rings. The maximum Gasteiger partial charge on any atom is 0.344 e. The van der Waals surface area contributed by atoms with Crippen LogP contribution in [0.4, 0.5) is 5.69 Å². The molecule has 142 valence electrons. The van der Waals surface area contributed by atoms with Gasteiger partial charge in [0.25, 0.3) is 11.6 Å². The minimum absolute atomic E-state index is 0.0674. The highest BCUT2D eigenvalue weighted by atomic mass is 16.6. The van der Waals surface area contributed by atoms with Crippen LogP contribution < -0.4 is 10.1 Å². The van der Waals surface area contributed by atoms with Crippen LogP contribution in [0.5, 0.6) is 5.75 Å². The molecule has 0 saturated heterocycles. The number of carbonyl (C=O) groups excluding carboxylic acids is 2. The van der Waals surface area contributed by atoms with Crippen molar-refractivity contribution in [3.63, 3.8) is 0 Å². The van der Waals surface area contributed by atoms with Crippen molar-refractivity contribution in [3.8, 4) is 5.75 Å². The number of nitro benzene ring substituents is 1. The Morgan fingerprint density at radius 1 is 1.27 bits per heavy atom. The van der Waals surface area contributed by atoms with E-state index in [1.165, 1.54) is 37.6 Å². The molecule has 3 atom stereocenters. The van der Waals surface area contributed by atoms with Crippen molar-refractivity contribution in [1.29, 1.82) is 0 Å². The summed E-state index contributed by atoms with van der Waals surface area (Å²) in [6, 6.07) is 5.47. The van der Waals surface area contributed by atoms with E-state index in [9.17, 15) is 19.7 Å². The Morgan fingerprint density at radius 2 is 1.92 bits per heavy atom. The van der Waals surface area contributed by atoms with E-state index in [1.807, 2.05) is 0 Å². The van der Waals surface area contributed by atoms with Crippen molar-refractivity contribution in [2.24, 2.45) is 5.92 Å². The van der Waals surface area contributed by atoms with Crippen LogP contribution in [0.3, 0.4) is 0 Å². The third kappa shape index (κ3) is 5.72. The number of benzene rings is 1. The molecule has 0 heterocycles. The topological polar surface area (TPSA) is 108 Å². The summed E-state index contributed by atoms with van der Waals surface area (Å²) in [5.74, 6) is -0.267. The van der Waals surface area contributed by atoms with Gasteiger partial charge in [0.1, 0.15) is 5.75 Å². The lowest BCUT2D eigenvalue weighted by atomic mass is 9.86. The summed E-state index contributed by atoms with van der Waals surface area (Å²) in [5.41, 5.74) is -0.0674. The Kier molecular flexibility index (Phi) is 6.94. The lowest BCUT2D eigenvalue weighted by molar-refractivity contribution is -0.384. The highest BCUT2D eigenvalue weighted by Gasteiger charge is 2.26. The van der Waals surface area contributed by atoms with Gasteiger partial charge in [0, 0.05) is 18.2 Å². The fraction of sp³-hybridized carbons (Fsp3) is 0.556. The van der Waals surface area contributed by atoms with Crippen LogP contribution in [0.15, 0.2) is 24.3 Å². The molecule has 2 rings (SSSR count). The van der Waals surface area contributed by atoms with Crippen molar-refractivity contribution in [2.75, 3.05) is 6.61 Å². The average Bonchev–Trinajstić information content (AvgIpc) is 2.62. The lowest BCUT2D eigenvalue weighted by Crippen LogP contribution is -2.46. The standard InChI is InChI=1S/C18H24N2O6/c1-12-5-3-4-6-16(12)19-18(22)13(2)26-17(21)11-25-15-9-7-14(8-10-15)20(23)24/h7-10,12-13,16H,3-6,11H2,1-2H3,(H,19,22)/t12-,13-,16+/m1/s1. The van der Waals surface area contributed by atoms with E-state index in [4.69, 9.17) is 9.47 Å². The quantitative estimate of drug-likeness (QED) is 0.453. The fourth-order valence-electron chi connectivity index (χ4n) is 2.92. The van der Waals surface area contributed by atoms with Crippen molar-refractivity contribution in [1.82, 2.24) is 5.32 Å². The predicted molar refractivity (Wildman–Crippen MR) is 93.7 cm³/mol. The molecule has 1 N–H and O–H groups in total. The molecule has 1 aromatic rings. The van der Waals surface area contributed by atoms with Crippen LogP contribution in [0.25, 0.3) is 0 Å². The molecule has 26 heavy (non-hydrogen) atoms. The Balaban J connectivity index is 1.75. The average molecular weight is 364 g/mol.